The van der Waals surface area contributed by atoms with Gasteiger partial charge in [-0.05, 0) is 37.1 Å². The molecule has 2 aromatic carbocycles. The summed E-state index contributed by atoms with van der Waals surface area (Å²) in [5.41, 5.74) is 0.856. The topological polar surface area (TPSA) is 75.7 Å². The number of benzene rings is 2. The summed E-state index contributed by atoms with van der Waals surface area (Å²) in [6.45, 7) is 0.747. The SMILES string of the molecule is COc1ccccc1CNC(=O)C1CCCN(S(=O)(=O)c2cc(Cl)ccc2Cl)C1. The highest BCUT2D eigenvalue weighted by Crippen LogP contribution is 2.30. The molecule has 1 unspecified atom stereocenters. The van der Waals surface area contributed by atoms with Crippen LogP contribution in [0.25, 0.3) is 0 Å². The molecule has 1 aliphatic heterocycles. The Kier molecular flexibility index (Phi) is 7.05. The van der Waals surface area contributed by atoms with E-state index < -0.39 is 15.9 Å². The summed E-state index contributed by atoms with van der Waals surface area (Å²) in [7, 11) is -2.27. The molecule has 29 heavy (non-hydrogen) atoms. The number of amides is 1. The van der Waals surface area contributed by atoms with E-state index in [2.05, 4.69) is 5.32 Å². The second-order valence-electron chi connectivity index (χ2n) is 6.81. The normalized spacial score (nSPS) is 17.7. The molecule has 0 aromatic heterocycles. The molecule has 6 nitrogen and oxygen atoms in total. The number of carbonyl (C=O) groups excluding carboxylic acids is 1. The first kappa shape index (κ1) is 21.9. The number of hydrogen-bond acceptors (Lipinski definition) is 4. The highest BCUT2D eigenvalue weighted by atomic mass is 35.5. The van der Waals surface area contributed by atoms with Crippen molar-refractivity contribution in [3.05, 3.63) is 58.1 Å². The number of ether oxygens (including phenoxy) is 1. The zero-order valence-electron chi connectivity index (χ0n) is 15.9. The zero-order valence-corrected chi connectivity index (χ0v) is 18.2. The first-order chi connectivity index (χ1) is 13.8. The monoisotopic (exact) mass is 456 g/mol. The minimum atomic E-state index is -3.84. The van der Waals surface area contributed by atoms with Crippen LogP contribution in [0.15, 0.2) is 47.4 Å². The number of carbonyl (C=O) groups is 1. The molecule has 156 valence electrons. The van der Waals surface area contributed by atoms with E-state index in [1.165, 1.54) is 22.5 Å². The molecule has 2 aromatic rings. The Hall–Kier alpha value is -1.80. The van der Waals surface area contributed by atoms with Gasteiger partial charge >= 0.3 is 0 Å². The molecule has 0 aliphatic carbocycles. The van der Waals surface area contributed by atoms with Gasteiger partial charge in [0.15, 0.2) is 0 Å². The van der Waals surface area contributed by atoms with Gasteiger partial charge in [0, 0.05) is 30.2 Å². The first-order valence-electron chi connectivity index (χ1n) is 9.17. The fourth-order valence-electron chi connectivity index (χ4n) is 3.36. The molecule has 1 saturated heterocycles. The molecule has 1 aliphatic rings. The number of hydrogen-bond donors (Lipinski definition) is 1. The van der Waals surface area contributed by atoms with Crippen LogP contribution in [0.3, 0.4) is 0 Å². The van der Waals surface area contributed by atoms with Crippen molar-refractivity contribution in [1.29, 1.82) is 0 Å². The summed E-state index contributed by atoms with van der Waals surface area (Å²) in [6, 6.07) is 11.8. The molecule has 0 spiro atoms. The van der Waals surface area contributed by atoms with E-state index in [-0.39, 0.29) is 27.4 Å². The molecule has 3 rings (SSSR count). The van der Waals surface area contributed by atoms with E-state index >= 15 is 0 Å². The number of para-hydroxylation sites is 1. The van der Waals surface area contributed by atoms with E-state index in [1.54, 1.807) is 7.11 Å². The average Bonchev–Trinajstić information content (AvgIpc) is 2.73. The minimum absolute atomic E-state index is 0.0400. The third-order valence-electron chi connectivity index (χ3n) is 4.91. The fraction of sp³-hybridized carbons (Fsp3) is 0.350. The number of nitrogens with one attached hydrogen (secondary N) is 1. The molecular weight excluding hydrogens is 435 g/mol. The van der Waals surface area contributed by atoms with Crippen molar-refractivity contribution in [2.45, 2.75) is 24.3 Å². The van der Waals surface area contributed by atoms with Crippen LogP contribution in [0.5, 0.6) is 5.75 Å². The van der Waals surface area contributed by atoms with Crippen LogP contribution >= 0.6 is 23.2 Å². The number of methoxy groups -OCH3 is 1. The van der Waals surface area contributed by atoms with Crippen molar-refractivity contribution in [3.63, 3.8) is 0 Å². The van der Waals surface area contributed by atoms with Gasteiger partial charge in [-0.3, -0.25) is 4.79 Å². The van der Waals surface area contributed by atoms with Crippen LogP contribution in [0.2, 0.25) is 10.0 Å². The fourth-order valence-corrected chi connectivity index (χ4v) is 5.63. The Labute approximate surface area is 180 Å². The molecule has 1 amide bonds. The summed E-state index contributed by atoms with van der Waals surface area (Å²) in [5, 5.41) is 3.28. The molecule has 0 radical (unpaired) electrons. The second-order valence-corrected chi connectivity index (χ2v) is 9.56. The van der Waals surface area contributed by atoms with Crippen molar-refractivity contribution in [3.8, 4) is 5.75 Å². The summed E-state index contributed by atoms with van der Waals surface area (Å²) < 4.78 is 32.7. The van der Waals surface area contributed by atoms with E-state index in [1.807, 2.05) is 24.3 Å². The van der Waals surface area contributed by atoms with Crippen molar-refractivity contribution >= 4 is 39.1 Å². The predicted molar refractivity (Wildman–Crippen MR) is 113 cm³/mol. The Morgan fingerprint density at radius 2 is 2.00 bits per heavy atom. The van der Waals surface area contributed by atoms with Gasteiger partial charge in [0.1, 0.15) is 10.6 Å². The third-order valence-corrected chi connectivity index (χ3v) is 7.49. The highest BCUT2D eigenvalue weighted by Gasteiger charge is 2.34. The number of rotatable bonds is 6. The Bertz CT molecular complexity index is 998. The Morgan fingerprint density at radius 1 is 1.24 bits per heavy atom. The largest absolute Gasteiger partial charge is 0.496 e. The standard InChI is InChI=1S/C20H22Cl2N2O4S/c1-28-18-7-3-2-5-14(18)12-23-20(25)15-6-4-10-24(13-15)29(26,27)19-11-16(21)8-9-17(19)22/h2-3,5,7-9,11,15H,4,6,10,12-13H2,1H3,(H,23,25). The quantitative estimate of drug-likeness (QED) is 0.718. The summed E-state index contributed by atoms with van der Waals surface area (Å²) in [4.78, 5) is 12.6. The third kappa shape index (κ3) is 5.04. The molecule has 0 saturated carbocycles. The van der Waals surface area contributed by atoms with Gasteiger partial charge < -0.3 is 10.1 Å². The number of piperidine rings is 1. The number of halogens is 2. The van der Waals surface area contributed by atoms with Crippen LogP contribution < -0.4 is 10.1 Å². The van der Waals surface area contributed by atoms with Gasteiger partial charge in [0.25, 0.3) is 0 Å². The lowest BCUT2D eigenvalue weighted by Crippen LogP contribution is -2.45. The van der Waals surface area contributed by atoms with Gasteiger partial charge in [0.2, 0.25) is 15.9 Å². The van der Waals surface area contributed by atoms with Crippen molar-refractivity contribution in [2.75, 3.05) is 20.2 Å². The van der Waals surface area contributed by atoms with Gasteiger partial charge in [-0.1, -0.05) is 41.4 Å². The van der Waals surface area contributed by atoms with E-state index in [0.29, 0.717) is 31.7 Å². The molecule has 0 bridgehead atoms. The number of sulfonamides is 1. The van der Waals surface area contributed by atoms with Gasteiger partial charge in [0.05, 0.1) is 18.1 Å². The lowest BCUT2D eigenvalue weighted by Gasteiger charge is -2.31. The minimum Gasteiger partial charge on any atom is -0.496 e. The summed E-state index contributed by atoms with van der Waals surface area (Å²) >= 11 is 12.0. The maximum absolute atomic E-state index is 13.0. The Morgan fingerprint density at radius 3 is 2.76 bits per heavy atom. The van der Waals surface area contributed by atoms with E-state index in [4.69, 9.17) is 27.9 Å². The highest BCUT2D eigenvalue weighted by molar-refractivity contribution is 7.89. The van der Waals surface area contributed by atoms with Crippen LogP contribution in [-0.4, -0.2) is 38.8 Å². The van der Waals surface area contributed by atoms with Crippen LogP contribution in [0.1, 0.15) is 18.4 Å². The van der Waals surface area contributed by atoms with E-state index in [9.17, 15) is 13.2 Å². The second kappa shape index (κ2) is 9.34. The lowest BCUT2D eigenvalue weighted by atomic mass is 9.98. The summed E-state index contributed by atoms with van der Waals surface area (Å²) in [5.74, 6) is 0.0652. The predicted octanol–water partition coefficient (Wildman–Crippen LogP) is 3.72. The molecule has 1 atom stereocenters. The van der Waals surface area contributed by atoms with Gasteiger partial charge in [-0.15, -0.1) is 0 Å². The van der Waals surface area contributed by atoms with Crippen molar-refractivity contribution in [2.24, 2.45) is 5.92 Å². The van der Waals surface area contributed by atoms with Crippen molar-refractivity contribution in [1.82, 2.24) is 9.62 Å². The van der Waals surface area contributed by atoms with Crippen LogP contribution in [-0.2, 0) is 21.4 Å². The molecular formula is C20H22Cl2N2O4S. The molecule has 1 N–H and O–H groups in total. The molecule has 1 fully saturated rings. The maximum Gasteiger partial charge on any atom is 0.244 e. The average molecular weight is 457 g/mol. The van der Waals surface area contributed by atoms with E-state index in [0.717, 1.165) is 5.56 Å². The van der Waals surface area contributed by atoms with Crippen molar-refractivity contribution < 1.29 is 17.9 Å². The Balaban J connectivity index is 1.70. The van der Waals surface area contributed by atoms with Gasteiger partial charge in [-0.25, -0.2) is 8.42 Å². The lowest BCUT2D eigenvalue weighted by molar-refractivity contribution is -0.126. The smallest absolute Gasteiger partial charge is 0.244 e. The first-order valence-corrected chi connectivity index (χ1v) is 11.4. The zero-order chi connectivity index (χ0) is 21.0. The maximum atomic E-state index is 13.0. The van der Waals surface area contributed by atoms with Gasteiger partial charge in [-0.2, -0.15) is 4.31 Å². The van der Waals surface area contributed by atoms with Crippen LogP contribution in [0, 0.1) is 5.92 Å². The molecule has 9 heteroatoms. The molecule has 1 heterocycles. The van der Waals surface area contributed by atoms with Crippen LogP contribution in [0.4, 0.5) is 0 Å². The summed E-state index contributed by atoms with van der Waals surface area (Å²) in [6.07, 6.45) is 1.21. The number of nitrogens with zero attached hydrogens (tertiary/aromatic N) is 1.